The van der Waals surface area contributed by atoms with E-state index in [2.05, 4.69) is 36.0 Å². The molecule has 4 rings (SSSR count). The molecule has 7 heteroatoms. The predicted molar refractivity (Wildman–Crippen MR) is 131 cm³/mol. The summed E-state index contributed by atoms with van der Waals surface area (Å²) in [5.74, 6) is 1.62. The van der Waals surface area contributed by atoms with Crippen molar-refractivity contribution in [2.45, 2.75) is 77.8 Å². The lowest BCUT2D eigenvalue weighted by atomic mass is 9.77. The second-order valence-electron chi connectivity index (χ2n) is 11.1. The van der Waals surface area contributed by atoms with Gasteiger partial charge in [-0.1, -0.05) is 20.8 Å². The molecule has 3 amide bonds. The summed E-state index contributed by atoms with van der Waals surface area (Å²) in [6.45, 7) is 8.52. The second-order valence-corrected chi connectivity index (χ2v) is 11.1. The van der Waals surface area contributed by atoms with Crippen LogP contribution in [0.1, 0.15) is 76.1 Å². The molecule has 34 heavy (non-hydrogen) atoms. The third-order valence-electron chi connectivity index (χ3n) is 8.03. The van der Waals surface area contributed by atoms with E-state index < -0.39 is 0 Å². The molecule has 1 aromatic rings. The number of carbonyl (C=O) groups is 3. The Morgan fingerprint density at radius 1 is 1.15 bits per heavy atom. The molecular weight excluding hydrogens is 428 g/mol. The van der Waals surface area contributed by atoms with E-state index in [1.807, 2.05) is 11.0 Å². The lowest BCUT2D eigenvalue weighted by Crippen LogP contribution is -2.60. The highest BCUT2D eigenvalue weighted by molar-refractivity contribution is 5.94. The predicted octanol–water partition coefficient (Wildman–Crippen LogP) is 3.50. The van der Waals surface area contributed by atoms with Crippen LogP contribution in [0.15, 0.2) is 24.5 Å². The largest absolute Gasteiger partial charge is 0.353 e. The molecular formula is C27H40N4O3. The van der Waals surface area contributed by atoms with Gasteiger partial charge >= 0.3 is 0 Å². The van der Waals surface area contributed by atoms with Gasteiger partial charge in [0.1, 0.15) is 0 Å². The summed E-state index contributed by atoms with van der Waals surface area (Å²) in [7, 11) is 0. The lowest BCUT2D eigenvalue weighted by Gasteiger charge is -2.51. The van der Waals surface area contributed by atoms with Crippen molar-refractivity contribution >= 4 is 17.7 Å². The minimum atomic E-state index is 0.0277. The Kier molecular flexibility index (Phi) is 7.89. The Balaban J connectivity index is 1.50. The van der Waals surface area contributed by atoms with E-state index in [1.165, 1.54) is 0 Å². The van der Waals surface area contributed by atoms with Crippen molar-refractivity contribution < 1.29 is 14.4 Å². The van der Waals surface area contributed by atoms with Gasteiger partial charge in [-0.25, -0.2) is 0 Å². The number of hydrogen-bond donors (Lipinski definition) is 1. The molecule has 3 saturated heterocycles. The number of piperidine rings is 2. The number of fused-ring (bicyclic) bond motifs is 4. The molecule has 186 valence electrons. The molecule has 0 radical (unpaired) electrons. The Bertz CT molecular complexity index is 874. The molecule has 0 spiro atoms. The quantitative estimate of drug-likeness (QED) is 0.720. The van der Waals surface area contributed by atoms with E-state index in [0.717, 1.165) is 32.1 Å². The molecule has 3 fully saturated rings. The first-order chi connectivity index (χ1) is 16.3. The third kappa shape index (κ3) is 5.78. The topological polar surface area (TPSA) is 82.6 Å². The van der Waals surface area contributed by atoms with Crippen LogP contribution in [-0.2, 0) is 9.59 Å². The van der Waals surface area contributed by atoms with Crippen molar-refractivity contribution in [1.29, 1.82) is 0 Å². The average Bonchev–Trinajstić information content (AvgIpc) is 2.82. The molecule has 4 heterocycles. The van der Waals surface area contributed by atoms with Gasteiger partial charge in [-0.2, -0.15) is 0 Å². The Labute approximate surface area is 203 Å². The Morgan fingerprint density at radius 3 is 2.71 bits per heavy atom. The van der Waals surface area contributed by atoms with Crippen molar-refractivity contribution in [3.8, 4) is 0 Å². The molecule has 0 unspecified atom stereocenters. The van der Waals surface area contributed by atoms with Gasteiger partial charge in [0.05, 0.1) is 5.56 Å². The minimum Gasteiger partial charge on any atom is -0.353 e. The molecule has 1 aromatic heterocycles. The summed E-state index contributed by atoms with van der Waals surface area (Å²) in [6.07, 6.45) is 8.84. The molecule has 0 aliphatic carbocycles. The first kappa shape index (κ1) is 24.7. The molecule has 5 atom stereocenters. The van der Waals surface area contributed by atoms with Crippen LogP contribution in [-0.4, -0.2) is 64.2 Å². The summed E-state index contributed by atoms with van der Waals surface area (Å²) in [6, 6.07) is 3.87. The monoisotopic (exact) mass is 468 g/mol. The number of nitrogens with one attached hydrogen (secondary N) is 1. The molecule has 3 aliphatic heterocycles. The van der Waals surface area contributed by atoms with E-state index in [9.17, 15) is 14.4 Å². The summed E-state index contributed by atoms with van der Waals surface area (Å²) in [5, 5.41) is 3.25. The fourth-order valence-electron chi connectivity index (χ4n) is 6.15. The van der Waals surface area contributed by atoms with Gasteiger partial charge in [0, 0.05) is 57.0 Å². The SMILES string of the molecule is CC(C)[C@@H]1CC[C@@H](C)CC(=O)N2C[C@H]3C[C@H](CN(C(=O)c4cccnc4)C3)[C@@H]2CCCC(=O)N1. The van der Waals surface area contributed by atoms with Crippen LogP contribution in [0.25, 0.3) is 0 Å². The zero-order valence-electron chi connectivity index (χ0n) is 20.9. The van der Waals surface area contributed by atoms with Crippen LogP contribution in [0.4, 0.5) is 0 Å². The maximum Gasteiger partial charge on any atom is 0.255 e. The van der Waals surface area contributed by atoms with Gasteiger partial charge in [0.2, 0.25) is 11.8 Å². The van der Waals surface area contributed by atoms with E-state index in [-0.39, 0.29) is 41.6 Å². The summed E-state index contributed by atoms with van der Waals surface area (Å²) < 4.78 is 0. The number of aromatic nitrogens is 1. The number of rotatable bonds is 2. The van der Waals surface area contributed by atoms with Gasteiger partial charge < -0.3 is 15.1 Å². The van der Waals surface area contributed by atoms with Crippen molar-refractivity contribution in [2.75, 3.05) is 19.6 Å². The number of pyridine rings is 1. The Hall–Kier alpha value is -2.44. The lowest BCUT2D eigenvalue weighted by molar-refractivity contribution is -0.141. The van der Waals surface area contributed by atoms with E-state index >= 15 is 0 Å². The number of nitrogens with zero attached hydrogens (tertiary/aromatic N) is 3. The zero-order valence-corrected chi connectivity index (χ0v) is 20.9. The van der Waals surface area contributed by atoms with Crippen LogP contribution in [0.5, 0.6) is 0 Å². The van der Waals surface area contributed by atoms with Crippen LogP contribution in [0.2, 0.25) is 0 Å². The average molecular weight is 469 g/mol. The van der Waals surface area contributed by atoms with Crippen molar-refractivity contribution in [1.82, 2.24) is 20.1 Å². The first-order valence-electron chi connectivity index (χ1n) is 13.1. The Morgan fingerprint density at radius 2 is 1.97 bits per heavy atom. The highest BCUT2D eigenvalue weighted by Gasteiger charge is 2.43. The second kappa shape index (κ2) is 10.9. The molecule has 1 N–H and O–H groups in total. The summed E-state index contributed by atoms with van der Waals surface area (Å²) >= 11 is 0. The summed E-state index contributed by atoms with van der Waals surface area (Å²) in [5.41, 5.74) is 0.621. The maximum absolute atomic E-state index is 13.5. The van der Waals surface area contributed by atoms with E-state index in [0.29, 0.717) is 49.9 Å². The first-order valence-corrected chi connectivity index (χ1v) is 13.1. The van der Waals surface area contributed by atoms with Crippen molar-refractivity contribution in [3.05, 3.63) is 30.1 Å². The molecule has 3 aliphatic rings. The third-order valence-corrected chi connectivity index (χ3v) is 8.03. The van der Waals surface area contributed by atoms with Crippen LogP contribution < -0.4 is 5.32 Å². The van der Waals surface area contributed by atoms with Gasteiger partial charge in [0.15, 0.2) is 0 Å². The number of likely N-dealkylation sites (tertiary alicyclic amines) is 1. The highest BCUT2D eigenvalue weighted by atomic mass is 16.2. The molecule has 0 saturated carbocycles. The van der Waals surface area contributed by atoms with Gasteiger partial charge in [-0.15, -0.1) is 0 Å². The number of hydrogen-bond acceptors (Lipinski definition) is 4. The van der Waals surface area contributed by atoms with Crippen molar-refractivity contribution in [3.63, 3.8) is 0 Å². The van der Waals surface area contributed by atoms with E-state index in [4.69, 9.17) is 0 Å². The molecule has 0 aromatic carbocycles. The van der Waals surface area contributed by atoms with Crippen molar-refractivity contribution in [2.24, 2.45) is 23.7 Å². The minimum absolute atomic E-state index is 0.0277. The zero-order chi connectivity index (χ0) is 24.2. The van der Waals surface area contributed by atoms with Gasteiger partial charge in [-0.05, 0) is 67.9 Å². The highest BCUT2D eigenvalue weighted by Crippen LogP contribution is 2.37. The molecule has 2 bridgehead atoms. The van der Waals surface area contributed by atoms with E-state index in [1.54, 1.807) is 18.5 Å². The van der Waals surface area contributed by atoms with Crippen LogP contribution >= 0.6 is 0 Å². The summed E-state index contributed by atoms with van der Waals surface area (Å²) in [4.78, 5) is 47.4. The van der Waals surface area contributed by atoms with Gasteiger partial charge in [0.25, 0.3) is 5.91 Å². The van der Waals surface area contributed by atoms with Gasteiger partial charge in [-0.3, -0.25) is 19.4 Å². The fraction of sp³-hybridized carbons (Fsp3) is 0.704. The van der Waals surface area contributed by atoms with Crippen LogP contribution in [0, 0.1) is 23.7 Å². The fourth-order valence-corrected chi connectivity index (χ4v) is 6.15. The number of amides is 3. The smallest absolute Gasteiger partial charge is 0.255 e. The van der Waals surface area contributed by atoms with Crippen LogP contribution in [0.3, 0.4) is 0 Å². The molecule has 7 nitrogen and oxygen atoms in total. The number of carbonyl (C=O) groups excluding carboxylic acids is 3. The normalized spacial score (nSPS) is 31.1. The maximum atomic E-state index is 13.5. The standard InChI is InChI=1S/C27H40N4O3/c1-18(2)23-10-9-19(3)12-26(33)31-16-20-13-22(24(31)7-4-8-25(32)29-23)17-30(15-20)27(34)21-6-5-11-28-14-21/h5-6,11,14,18-20,22-24H,4,7-10,12-13,15-17H2,1-3H3,(H,29,32)/t19-,20+,22-,23+,24+/m1/s1.